The van der Waals surface area contributed by atoms with Gasteiger partial charge in [-0.2, -0.15) is 5.26 Å². The molecule has 0 saturated carbocycles. The molecular formula is C23H28N6O2. The lowest BCUT2D eigenvalue weighted by Gasteiger charge is -2.44. The zero-order valence-electron chi connectivity index (χ0n) is 18.5. The summed E-state index contributed by atoms with van der Waals surface area (Å²) in [5.74, 6) is -0.0270. The van der Waals surface area contributed by atoms with Gasteiger partial charge in [-0.25, -0.2) is 9.97 Å². The summed E-state index contributed by atoms with van der Waals surface area (Å²) in [5.41, 5.74) is 8.14. The Bertz CT molecular complexity index is 1160. The normalized spacial score (nSPS) is 18.7. The first-order valence-corrected chi connectivity index (χ1v) is 10.3. The van der Waals surface area contributed by atoms with E-state index in [1.165, 1.54) is 13.3 Å². The van der Waals surface area contributed by atoms with Gasteiger partial charge in [0.15, 0.2) is 5.78 Å². The van der Waals surface area contributed by atoms with E-state index in [4.69, 9.17) is 5.73 Å². The third kappa shape index (κ3) is 3.83. The summed E-state index contributed by atoms with van der Waals surface area (Å²) in [4.78, 5) is 36.3. The molecule has 8 nitrogen and oxygen atoms in total. The number of ketones is 1. The standard InChI is InChI=1S/C23H28N6O2/c1-14-11-17(7-8-19-18(12-24)21(25)27-13-26-19)22(31)29(20(14)15(2)30)23(4)9-6-10-28(5)16(23)3/h11,13H,3,6-10H2,1-2,4-5H3,(H2,25,26,27)/t23-/m0/s1. The summed E-state index contributed by atoms with van der Waals surface area (Å²) < 4.78 is 1.64. The fourth-order valence-electron chi connectivity index (χ4n) is 4.49. The Hall–Kier alpha value is -3.47. The number of nitrogen functional groups attached to an aromatic ring is 1. The lowest BCUT2D eigenvalue weighted by atomic mass is 9.86. The van der Waals surface area contributed by atoms with Gasteiger partial charge in [-0.15, -0.1) is 0 Å². The zero-order valence-corrected chi connectivity index (χ0v) is 18.5. The Labute approximate surface area is 182 Å². The molecule has 2 aromatic rings. The lowest BCUT2D eigenvalue weighted by molar-refractivity contribution is 0.0987. The number of nitrogens with zero attached hydrogens (tertiary/aromatic N) is 5. The highest BCUT2D eigenvalue weighted by Gasteiger charge is 2.38. The molecule has 1 atom stereocenters. The molecule has 1 saturated heterocycles. The monoisotopic (exact) mass is 420 g/mol. The van der Waals surface area contributed by atoms with Crippen LogP contribution in [0.25, 0.3) is 0 Å². The van der Waals surface area contributed by atoms with Crippen LogP contribution in [-0.2, 0) is 18.4 Å². The predicted molar refractivity (Wildman–Crippen MR) is 119 cm³/mol. The largest absolute Gasteiger partial charge is 0.382 e. The van der Waals surface area contributed by atoms with Crippen molar-refractivity contribution in [1.29, 1.82) is 5.26 Å². The molecule has 3 heterocycles. The van der Waals surface area contributed by atoms with Gasteiger partial charge in [0.1, 0.15) is 23.8 Å². The molecule has 2 N–H and O–H groups in total. The molecule has 8 heteroatoms. The number of nitriles is 1. The van der Waals surface area contributed by atoms with Gasteiger partial charge in [0.05, 0.1) is 16.9 Å². The van der Waals surface area contributed by atoms with Crippen molar-refractivity contribution >= 4 is 11.6 Å². The molecule has 2 aromatic heterocycles. The summed E-state index contributed by atoms with van der Waals surface area (Å²) in [5, 5.41) is 9.37. The van der Waals surface area contributed by atoms with Gasteiger partial charge < -0.3 is 10.6 Å². The quantitative estimate of drug-likeness (QED) is 0.738. The highest BCUT2D eigenvalue weighted by atomic mass is 16.1. The van der Waals surface area contributed by atoms with Crippen molar-refractivity contribution in [2.24, 2.45) is 0 Å². The average Bonchev–Trinajstić information content (AvgIpc) is 2.71. The van der Waals surface area contributed by atoms with E-state index < -0.39 is 5.54 Å². The third-order valence-electron chi connectivity index (χ3n) is 6.23. The van der Waals surface area contributed by atoms with Crippen LogP contribution in [0.2, 0.25) is 0 Å². The Morgan fingerprint density at radius 1 is 1.39 bits per heavy atom. The maximum absolute atomic E-state index is 13.7. The Morgan fingerprint density at radius 3 is 2.74 bits per heavy atom. The van der Waals surface area contributed by atoms with E-state index in [9.17, 15) is 14.9 Å². The van der Waals surface area contributed by atoms with Crippen LogP contribution in [0.1, 0.15) is 59.6 Å². The molecule has 162 valence electrons. The topological polar surface area (TPSA) is 118 Å². The Balaban J connectivity index is 2.12. The van der Waals surface area contributed by atoms with Crippen LogP contribution in [0, 0.1) is 18.3 Å². The first kappa shape index (κ1) is 22.2. The van der Waals surface area contributed by atoms with Crippen molar-refractivity contribution in [1.82, 2.24) is 19.4 Å². The number of likely N-dealkylation sites (N-methyl/N-ethyl adjacent to an activating group) is 1. The summed E-state index contributed by atoms with van der Waals surface area (Å²) >= 11 is 0. The second-order valence-corrected chi connectivity index (χ2v) is 8.34. The number of hydrogen-bond acceptors (Lipinski definition) is 7. The molecule has 0 unspecified atom stereocenters. The van der Waals surface area contributed by atoms with Crippen LogP contribution < -0.4 is 11.3 Å². The van der Waals surface area contributed by atoms with E-state index in [0.717, 1.165) is 30.6 Å². The number of carbonyl (C=O) groups excluding carboxylic acids is 1. The highest BCUT2D eigenvalue weighted by molar-refractivity contribution is 5.94. The zero-order chi connectivity index (χ0) is 22.9. The molecule has 3 rings (SSSR count). The average molecular weight is 421 g/mol. The maximum Gasteiger partial charge on any atom is 0.255 e. The van der Waals surface area contributed by atoms with E-state index in [0.29, 0.717) is 29.8 Å². The number of aromatic nitrogens is 3. The molecule has 1 aliphatic rings. The number of piperidine rings is 1. The van der Waals surface area contributed by atoms with Gasteiger partial charge in [0.2, 0.25) is 0 Å². The van der Waals surface area contributed by atoms with Crippen molar-refractivity contribution in [3.63, 3.8) is 0 Å². The fourth-order valence-corrected chi connectivity index (χ4v) is 4.49. The number of rotatable bonds is 5. The Morgan fingerprint density at radius 2 is 2.10 bits per heavy atom. The molecule has 0 aromatic carbocycles. The van der Waals surface area contributed by atoms with Crippen molar-refractivity contribution in [2.45, 2.75) is 52.0 Å². The van der Waals surface area contributed by atoms with Crippen molar-refractivity contribution in [3.05, 3.63) is 63.1 Å². The Kier molecular flexibility index (Phi) is 5.98. The molecule has 0 bridgehead atoms. The van der Waals surface area contributed by atoms with Gasteiger partial charge in [0.25, 0.3) is 5.56 Å². The number of carbonyl (C=O) groups is 1. The minimum atomic E-state index is -0.691. The molecule has 0 amide bonds. The molecule has 1 fully saturated rings. The highest BCUT2D eigenvalue weighted by Crippen LogP contribution is 2.36. The number of aryl methyl sites for hydroxylation is 3. The van der Waals surface area contributed by atoms with Crippen molar-refractivity contribution < 1.29 is 4.79 Å². The van der Waals surface area contributed by atoms with E-state index in [-0.39, 0.29) is 22.7 Å². The smallest absolute Gasteiger partial charge is 0.255 e. The van der Waals surface area contributed by atoms with Crippen LogP contribution >= 0.6 is 0 Å². The number of nitrogens with two attached hydrogens (primary N) is 1. The number of allylic oxidation sites excluding steroid dienone is 1. The van der Waals surface area contributed by atoms with Gasteiger partial charge in [0, 0.05) is 31.8 Å². The SMILES string of the molecule is C=C1N(C)CCC[C@]1(C)n1c(C(C)=O)c(C)cc(CCc2ncnc(N)c2C#N)c1=O. The van der Waals surface area contributed by atoms with Crippen LogP contribution in [0.4, 0.5) is 5.82 Å². The number of likely N-dealkylation sites (tertiary alicyclic amines) is 1. The number of hydrogen-bond donors (Lipinski definition) is 1. The van der Waals surface area contributed by atoms with E-state index in [1.807, 2.05) is 31.9 Å². The molecule has 0 radical (unpaired) electrons. The van der Waals surface area contributed by atoms with Crippen LogP contribution in [0.3, 0.4) is 0 Å². The van der Waals surface area contributed by atoms with Gasteiger partial charge in [-0.3, -0.25) is 14.2 Å². The minimum Gasteiger partial charge on any atom is -0.382 e. The first-order chi connectivity index (χ1) is 14.6. The number of Topliss-reactive ketones (excluding diaryl/α,β-unsaturated/α-hetero) is 1. The third-order valence-corrected chi connectivity index (χ3v) is 6.23. The van der Waals surface area contributed by atoms with Crippen LogP contribution in [-0.4, -0.2) is 38.8 Å². The van der Waals surface area contributed by atoms with E-state index in [1.54, 1.807) is 10.6 Å². The van der Waals surface area contributed by atoms with Crippen LogP contribution in [0.5, 0.6) is 0 Å². The second kappa shape index (κ2) is 8.34. The molecule has 0 spiro atoms. The molecule has 31 heavy (non-hydrogen) atoms. The summed E-state index contributed by atoms with van der Waals surface area (Å²) in [7, 11) is 1.96. The van der Waals surface area contributed by atoms with Gasteiger partial charge in [-0.1, -0.05) is 6.58 Å². The number of anilines is 1. The van der Waals surface area contributed by atoms with Crippen molar-refractivity contribution in [3.8, 4) is 6.07 Å². The molecule has 1 aliphatic heterocycles. The molecular weight excluding hydrogens is 392 g/mol. The van der Waals surface area contributed by atoms with E-state index in [2.05, 4.69) is 16.5 Å². The van der Waals surface area contributed by atoms with Gasteiger partial charge in [-0.05, 0) is 51.2 Å². The van der Waals surface area contributed by atoms with E-state index >= 15 is 0 Å². The maximum atomic E-state index is 13.7. The second-order valence-electron chi connectivity index (χ2n) is 8.34. The van der Waals surface area contributed by atoms with Gasteiger partial charge >= 0.3 is 0 Å². The fraction of sp³-hybridized carbons (Fsp3) is 0.435. The lowest BCUT2D eigenvalue weighted by Crippen LogP contribution is -2.50. The predicted octanol–water partition coefficient (Wildman–Crippen LogP) is 2.34. The first-order valence-electron chi connectivity index (χ1n) is 10.3. The number of pyridine rings is 1. The molecule has 0 aliphatic carbocycles. The summed E-state index contributed by atoms with van der Waals surface area (Å²) in [6.45, 7) is 10.4. The summed E-state index contributed by atoms with van der Waals surface area (Å²) in [6.07, 6.45) is 3.66. The van der Waals surface area contributed by atoms with Crippen molar-refractivity contribution in [2.75, 3.05) is 19.3 Å². The van der Waals surface area contributed by atoms with Crippen LogP contribution in [0.15, 0.2) is 29.5 Å². The summed E-state index contributed by atoms with van der Waals surface area (Å²) in [6, 6.07) is 3.80. The minimum absolute atomic E-state index is 0.127.